The van der Waals surface area contributed by atoms with Crippen LogP contribution >= 0.6 is 23.1 Å². The lowest BCUT2D eigenvalue weighted by molar-refractivity contribution is 0.880. The summed E-state index contributed by atoms with van der Waals surface area (Å²) in [6, 6.07) is 4.40. The van der Waals surface area contributed by atoms with Gasteiger partial charge in [-0.1, -0.05) is 13.8 Å². The maximum absolute atomic E-state index is 5.80. The highest BCUT2D eigenvalue weighted by Gasteiger charge is 2.14. The molecule has 1 heterocycles. The molecule has 0 aliphatic heterocycles. The van der Waals surface area contributed by atoms with Crippen LogP contribution in [0.1, 0.15) is 35.3 Å². The zero-order valence-electron chi connectivity index (χ0n) is 9.12. The molecule has 1 aromatic heterocycles. The number of thioether (sulfide) groups is 1. The fourth-order valence-electron chi connectivity index (χ4n) is 1.24. The van der Waals surface area contributed by atoms with Gasteiger partial charge in [-0.25, -0.2) is 0 Å². The molecule has 0 amide bonds. The number of aryl methyl sites for hydroxylation is 1. The molecule has 0 fully saturated rings. The van der Waals surface area contributed by atoms with E-state index < -0.39 is 0 Å². The Morgan fingerprint density at radius 1 is 1.50 bits per heavy atom. The van der Waals surface area contributed by atoms with Gasteiger partial charge in [0.15, 0.2) is 0 Å². The van der Waals surface area contributed by atoms with Crippen LogP contribution in [-0.4, -0.2) is 11.8 Å². The van der Waals surface area contributed by atoms with Crippen molar-refractivity contribution in [3.05, 3.63) is 21.9 Å². The molecule has 0 aromatic carbocycles. The summed E-state index contributed by atoms with van der Waals surface area (Å²) in [5, 5.41) is 1.19. The first-order valence-electron chi connectivity index (χ1n) is 5.09. The Hall–Kier alpha value is 0.01000. The fourth-order valence-corrected chi connectivity index (χ4v) is 3.50. The normalized spacial score (nSPS) is 15.4. The van der Waals surface area contributed by atoms with Gasteiger partial charge in [0.05, 0.1) is 5.25 Å². The predicted octanol–water partition coefficient (Wildman–Crippen LogP) is 3.59. The number of hydrogen-bond acceptors (Lipinski definition) is 3. The maximum atomic E-state index is 5.80. The third kappa shape index (κ3) is 3.30. The van der Waals surface area contributed by atoms with Crippen LogP contribution in [0.4, 0.5) is 0 Å². The van der Waals surface area contributed by atoms with E-state index in [1.165, 1.54) is 16.2 Å². The fraction of sp³-hybridized carbons (Fsp3) is 0.636. The summed E-state index contributed by atoms with van der Waals surface area (Å²) in [4.78, 5) is 2.80. The van der Waals surface area contributed by atoms with Crippen molar-refractivity contribution in [3.8, 4) is 0 Å². The van der Waals surface area contributed by atoms with E-state index in [1.807, 2.05) is 23.1 Å². The third-order valence-corrected chi connectivity index (χ3v) is 5.10. The van der Waals surface area contributed by atoms with Crippen molar-refractivity contribution in [1.29, 1.82) is 0 Å². The minimum Gasteiger partial charge on any atom is -0.329 e. The zero-order valence-corrected chi connectivity index (χ0v) is 10.8. The lowest BCUT2D eigenvalue weighted by Crippen LogP contribution is -2.11. The molecule has 0 saturated carbocycles. The van der Waals surface area contributed by atoms with Crippen molar-refractivity contribution < 1.29 is 0 Å². The van der Waals surface area contributed by atoms with E-state index in [1.54, 1.807) is 0 Å². The van der Waals surface area contributed by atoms with Crippen LogP contribution in [0, 0.1) is 6.92 Å². The molecular weight excluding hydrogens is 210 g/mol. The number of thiophene rings is 1. The molecule has 0 saturated heterocycles. The molecule has 0 spiro atoms. The van der Waals surface area contributed by atoms with Gasteiger partial charge >= 0.3 is 0 Å². The van der Waals surface area contributed by atoms with Gasteiger partial charge in [-0.15, -0.1) is 23.1 Å². The highest BCUT2D eigenvalue weighted by Crippen LogP contribution is 2.35. The monoisotopic (exact) mass is 229 g/mol. The van der Waals surface area contributed by atoms with Crippen LogP contribution in [0.3, 0.4) is 0 Å². The average molecular weight is 229 g/mol. The molecule has 0 aliphatic rings. The van der Waals surface area contributed by atoms with Gasteiger partial charge in [-0.3, -0.25) is 0 Å². The summed E-state index contributed by atoms with van der Waals surface area (Å²) in [6.07, 6.45) is 1.21. The summed E-state index contributed by atoms with van der Waals surface area (Å²) in [6.45, 7) is 7.39. The molecule has 2 atom stereocenters. The van der Waals surface area contributed by atoms with Gasteiger partial charge in [0, 0.05) is 21.5 Å². The molecule has 1 nitrogen and oxygen atoms in total. The summed E-state index contributed by atoms with van der Waals surface area (Å²) in [7, 11) is 0. The summed E-state index contributed by atoms with van der Waals surface area (Å²) < 4.78 is 0. The predicted molar refractivity (Wildman–Crippen MR) is 68.2 cm³/mol. The second-order valence-corrected chi connectivity index (χ2v) is 6.49. The Bertz CT molecular complexity index is 270. The average Bonchev–Trinajstić information content (AvgIpc) is 2.60. The van der Waals surface area contributed by atoms with E-state index in [-0.39, 0.29) is 0 Å². The van der Waals surface area contributed by atoms with Gasteiger partial charge in [0.25, 0.3) is 0 Å². The Kier molecular flexibility index (Phi) is 4.99. The highest BCUT2D eigenvalue weighted by molar-refractivity contribution is 8.00. The first-order chi connectivity index (χ1) is 6.67. The summed E-state index contributed by atoms with van der Waals surface area (Å²) in [5.41, 5.74) is 5.80. The molecule has 0 bridgehead atoms. The molecule has 14 heavy (non-hydrogen) atoms. The van der Waals surface area contributed by atoms with Crippen molar-refractivity contribution in [2.75, 3.05) is 6.54 Å². The molecule has 0 aliphatic carbocycles. The van der Waals surface area contributed by atoms with Crippen molar-refractivity contribution in [2.45, 2.75) is 37.7 Å². The standard InChI is InChI=1S/C11H19NS2/c1-4-8(2)13-11(7-12)10-6-5-9(3)14-10/h5-6,8,11H,4,7,12H2,1-3H3. The first-order valence-corrected chi connectivity index (χ1v) is 6.85. The Morgan fingerprint density at radius 2 is 2.21 bits per heavy atom. The van der Waals surface area contributed by atoms with Crippen molar-refractivity contribution in [3.63, 3.8) is 0 Å². The summed E-state index contributed by atoms with van der Waals surface area (Å²) >= 11 is 3.87. The Labute approximate surface area is 95.1 Å². The Balaban J connectivity index is 2.62. The quantitative estimate of drug-likeness (QED) is 0.835. The maximum Gasteiger partial charge on any atom is 0.0516 e. The molecule has 80 valence electrons. The van der Waals surface area contributed by atoms with Crippen LogP contribution in [0.2, 0.25) is 0 Å². The lowest BCUT2D eigenvalue weighted by Gasteiger charge is -2.16. The topological polar surface area (TPSA) is 26.0 Å². The van der Waals surface area contributed by atoms with Crippen molar-refractivity contribution >= 4 is 23.1 Å². The van der Waals surface area contributed by atoms with E-state index >= 15 is 0 Å². The van der Waals surface area contributed by atoms with Crippen LogP contribution in [0.25, 0.3) is 0 Å². The molecule has 1 aromatic rings. The highest BCUT2D eigenvalue weighted by atomic mass is 32.2. The molecule has 3 heteroatoms. The Morgan fingerprint density at radius 3 is 2.64 bits per heavy atom. The van der Waals surface area contributed by atoms with Gasteiger partial charge in [-0.05, 0) is 25.5 Å². The van der Waals surface area contributed by atoms with Gasteiger partial charge in [0.1, 0.15) is 0 Å². The molecule has 1 rings (SSSR count). The van der Waals surface area contributed by atoms with E-state index in [0.717, 1.165) is 6.54 Å². The van der Waals surface area contributed by atoms with Crippen LogP contribution in [0.15, 0.2) is 12.1 Å². The summed E-state index contributed by atoms with van der Waals surface area (Å²) in [5.74, 6) is 0. The number of nitrogens with two attached hydrogens (primary N) is 1. The minimum atomic E-state index is 0.489. The van der Waals surface area contributed by atoms with Crippen molar-refractivity contribution in [1.82, 2.24) is 0 Å². The first kappa shape index (κ1) is 12.1. The molecule has 0 radical (unpaired) electrons. The zero-order chi connectivity index (χ0) is 10.6. The SMILES string of the molecule is CCC(C)SC(CN)c1ccc(C)s1. The van der Waals surface area contributed by atoms with E-state index in [2.05, 4.69) is 32.9 Å². The number of rotatable bonds is 5. The van der Waals surface area contributed by atoms with Crippen molar-refractivity contribution in [2.24, 2.45) is 5.73 Å². The van der Waals surface area contributed by atoms with Crippen LogP contribution < -0.4 is 5.73 Å². The molecular formula is C11H19NS2. The molecule has 2 unspecified atom stereocenters. The van der Waals surface area contributed by atoms with Crippen LogP contribution in [0.5, 0.6) is 0 Å². The number of hydrogen-bond donors (Lipinski definition) is 1. The lowest BCUT2D eigenvalue weighted by atomic mass is 10.3. The van der Waals surface area contributed by atoms with Gasteiger partial charge in [0.2, 0.25) is 0 Å². The largest absolute Gasteiger partial charge is 0.329 e. The second-order valence-electron chi connectivity index (χ2n) is 3.53. The molecule has 2 N–H and O–H groups in total. The van der Waals surface area contributed by atoms with Gasteiger partial charge < -0.3 is 5.73 Å². The van der Waals surface area contributed by atoms with Gasteiger partial charge in [-0.2, -0.15) is 0 Å². The van der Waals surface area contributed by atoms with E-state index in [9.17, 15) is 0 Å². The van der Waals surface area contributed by atoms with E-state index in [0.29, 0.717) is 10.5 Å². The second kappa shape index (κ2) is 5.79. The smallest absolute Gasteiger partial charge is 0.0516 e. The third-order valence-electron chi connectivity index (χ3n) is 2.26. The van der Waals surface area contributed by atoms with Crippen LogP contribution in [-0.2, 0) is 0 Å². The van der Waals surface area contributed by atoms with E-state index in [4.69, 9.17) is 5.73 Å². The minimum absolute atomic E-state index is 0.489.